The average molecular weight is 418 g/mol. The lowest BCUT2D eigenvalue weighted by Crippen LogP contribution is -2.51. The molecule has 0 spiro atoms. The minimum Gasteiger partial charge on any atom is -0.493 e. The van der Waals surface area contributed by atoms with E-state index in [0.29, 0.717) is 37.7 Å². The standard InChI is InChI=1S/C21H27N3O4S/c1-14(2)21(26)24-9-7-23(8-10-24)19(25)12-16-13-29-20(22-16)15-5-6-17(27-3)18(11-15)28-4/h5-6,11,13-14H,7-10,12H2,1-4H3. The van der Waals surface area contributed by atoms with E-state index in [1.165, 1.54) is 11.3 Å². The van der Waals surface area contributed by atoms with Gasteiger partial charge in [-0.15, -0.1) is 11.3 Å². The molecule has 8 heteroatoms. The maximum Gasteiger partial charge on any atom is 0.228 e. The van der Waals surface area contributed by atoms with Crippen molar-refractivity contribution in [1.29, 1.82) is 0 Å². The molecular weight excluding hydrogens is 390 g/mol. The number of nitrogens with zero attached hydrogens (tertiary/aromatic N) is 3. The topological polar surface area (TPSA) is 72.0 Å². The molecule has 1 aliphatic heterocycles. The molecule has 0 bridgehead atoms. The fourth-order valence-electron chi connectivity index (χ4n) is 3.30. The van der Waals surface area contributed by atoms with E-state index in [0.717, 1.165) is 16.3 Å². The van der Waals surface area contributed by atoms with E-state index >= 15 is 0 Å². The molecule has 0 unspecified atom stereocenters. The summed E-state index contributed by atoms with van der Waals surface area (Å²) in [5.41, 5.74) is 1.68. The number of ether oxygens (including phenoxy) is 2. The number of piperazine rings is 1. The first-order valence-electron chi connectivity index (χ1n) is 9.66. The fraction of sp³-hybridized carbons (Fsp3) is 0.476. The van der Waals surface area contributed by atoms with Gasteiger partial charge in [0.2, 0.25) is 11.8 Å². The van der Waals surface area contributed by atoms with Gasteiger partial charge in [0.05, 0.1) is 26.3 Å². The molecule has 0 saturated carbocycles. The zero-order valence-electron chi connectivity index (χ0n) is 17.3. The van der Waals surface area contributed by atoms with Crippen LogP contribution in [0, 0.1) is 5.92 Å². The smallest absolute Gasteiger partial charge is 0.228 e. The lowest BCUT2D eigenvalue weighted by Gasteiger charge is -2.35. The summed E-state index contributed by atoms with van der Waals surface area (Å²) in [5.74, 6) is 1.49. The maximum atomic E-state index is 12.7. The van der Waals surface area contributed by atoms with E-state index in [1.54, 1.807) is 14.2 Å². The molecule has 1 aromatic carbocycles. The maximum absolute atomic E-state index is 12.7. The molecular formula is C21H27N3O4S. The molecule has 0 N–H and O–H groups in total. The molecule has 1 aliphatic rings. The Hall–Kier alpha value is -2.61. The van der Waals surface area contributed by atoms with Crippen molar-refractivity contribution in [3.8, 4) is 22.1 Å². The number of methoxy groups -OCH3 is 2. The molecule has 1 fully saturated rings. The van der Waals surface area contributed by atoms with Gasteiger partial charge in [0.25, 0.3) is 0 Å². The molecule has 2 aromatic rings. The van der Waals surface area contributed by atoms with Gasteiger partial charge in [0.15, 0.2) is 11.5 Å². The lowest BCUT2D eigenvalue weighted by molar-refractivity contribution is -0.141. The third-order valence-corrected chi connectivity index (χ3v) is 5.89. The van der Waals surface area contributed by atoms with E-state index in [2.05, 4.69) is 4.98 Å². The highest BCUT2D eigenvalue weighted by molar-refractivity contribution is 7.13. The molecule has 3 rings (SSSR count). The van der Waals surface area contributed by atoms with Gasteiger partial charge in [-0.1, -0.05) is 13.8 Å². The Morgan fingerprint density at radius 3 is 2.34 bits per heavy atom. The number of amides is 2. The van der Waals surface area contributed by atoms with Crippen LogP contribution in [0.2, 0.25) is 0 Å². The normalized spacial score (nSPS) is 14.2. The Balaban J connectivity index is 1.61. The minimum absolute atomic E-state index is 0.0118. The zero-order valence-corrected chi connectivity index (χ0v) is 18.1. The summed E-state index contributed by atoms with van der Waals surface area (Å²) in [6, 6.07) is 5.66. The van der Waals surface area contributed by atoms with Crippen molar-refractivity contribution in [1.82, 2.24) is 14.8 Å². The molecule has 29 heavy (non-hydrogen) atoms. The molecule has 0 radical (unpaired) electrons. The number of thiazole rings is 1. The van der Waals surface area contributed by atoms with Gasteiger partial charge in [0, 0.05) is 43.0 Å². The number of benzene rings is 1. The first kappa shape index (κ1) is 21.1. The minimum atomic E-state index is -0.0118. The summed E-state index contributed by atoms with van der Waals surface area (Å²) < 4.78 is 10.6. The SMILES string of the molecule is COc1ccc(-c2nc(CC(=O)N3CCN(C(=O)C(C)C)CC3)cs2)cc1OC. The molecule has 1 saturated heterocycles. The van der Waals surface area contributed by atoms with E-state index in [-0.39, 0.29) is 24.2 Å². The van der Waals surface area contributed by atoms with Gasteiger partial charge in [-0.2, -0.15) is 0 Å². The molecule has 1 aromatic heterocycles. The number of hydrogen-bond donors (Lipinski definition) is 0. The Bertz CT molecular complexity index is 873. The number of carbonyl (C=O) groups is 2. The van der Waals surface area contributed by atoms with E-state index < -0.39 is 0 Å². The molecule has 0 aliphatic carbocycles. The highest BCUT2D eigenvalue weighted by Crippen LogP contribution is 2.33. The summed E-state index contributed by atoms with van der Waals surface area (Å²) in [6.07, 6.45) is 0.266. The van der Waals surface area contributed by atoms with Crippen LogP contribution in [0.5, 0.6) is 11.5 Å². The van der Waals surface area contributed by atoms with Crippen LogP contribution in [0.15, 0.2) is 23.6 Å². The third-order valence-electron chi connectivity index (χ3n) is 4.95. The summed E-state index contributed by atoms with van der Waals surface area (Å²) in [5, 5.41) is 2.75. The van der Waals surface area contributed by atoms with Crippen LogP contribution >= 0.6 is 11.3 Å². The van der Waals surface area contributed by atoms with Crippen molar-refractivity contribution < 1.29 is 19.1 Å². The molecule has 2 heterocycles. The Morgan fingerprint density at radius 1 is 1.07 bits per heavy atom. The quantitative estimate of drug-likeness (QED) is 0.723. The zero-order chi connectivity index (χ0) is 21.0. The van der Waals surface area contributed by atoms with Crippen molar-refractivity contribution in [2.24, 2.45) is 5.92 Å². The Morgan fingerprint density at radius 2 is 1.72 bits per heavy atom. The van der Waals surface area contributed by atoms with Crippen LogP contribution < -0.4 is 9.47 Å². The molecule has 156 valence electrons. The van der Waals surface area contributed by atoms with Crippen LogP contribution in [-0.2, 0) is 16.0 Å². The second-order valence-electron chi connectivity index (χ2n) is 7.25. The van der Waals surface area contributed by atoms with Gasteiger partial charge in [-0.05, 0) is 18.2 Å². The summed E-state index contributed by atoms with van der Waals surface area (Å²) in [4.78, 5) is 33.0. The molecule has 2 amide bonds. The van der Waals surface area contributed by atoms with Gasteiger partial charge in [0.1, 0.15) is 5.01 Å². The van der Waals surface area contributed by atoms with Gasteiger partial charge < -0.3 is 19.3 Å². The monoisotopic (exact) mass is 417 g/mol. The van der Waals surface area contributed by atoms with Crippen molar-refractivity contribution >= 4 is 23.2 Å². The van der Waals surface area contributed by atoms with Crippen molar-refractivity contribution in [3.63, 3.8) is 0 Å². The van der Waals surface area contributed by atoms with Gasteiger partial charge in [-0.25, -0.2) is 4.98 Å². The average Bonchev–Trinajstić information content (AvgIpc) is 3.21. The van der Waals surface area contributed by atoms with Gasteiger partial charge >= 0.3 is 0 Å². The highest BCUT2D eigenvalue weighted by atomic mass is 32.1. The van der Waals surface area contributed by atoms with Crippen LogP contribution in [-0.4, -0.2) is 67.0 Å². The second kappa shape index (κ2) is 9.26. The van der Waals surface area contributed by atoms with Crippen molar-refractivity contribution in [3.05, 3.63) is 29.3 Å². The summed E-state index contributed by atoms with van der Waals surface area (Å²) in [6.45, 7) is 6.14. The van der Waals surface area contributed by atoms with Crippen LogP contribution in [0.25, 0.3) is 10.6 Å². The van der Waals surface area contributed by atoms with Crippen molar-refractivity contribution in [2.45, 2.75) is 20.3 Å². The van der Waals surface area contributed by atoms with E-state index in [4.69, 9.17) is 9.47 Å². The Labute approximate surface area is 175 Å². The van der Waals surface area contributed by atoms with Crippen LogP contribution in [0.1, 0.15) is 19.5 Å². The number of aromatic nitrogens is 1. The van der Waals surface area contributed by atoms with Crippen LogP contribution in [0.3, 0.4) is 0 Å². The van der Waals surface area contributed by atoms with Gasteiger partial charge in [-0.3, -0.25) is 9.59 Å². The molecule has 7 nitrogen and oxygen atoms in total. The highest BCUT2D eigenvalue weighted by Gasteiger charge is 2.25. The van der Waals surface area contributed by atoms with Crippen molar-refractivity contribution in [2.75, 3.05) is 40.4 Å². The predicted molar refractivity (Wildman–Crippen MR) is 112 cm³/mol. The number of hydrogen-bond acceptors (Lipinski definition) is 6. The number of carbonyl (C=O) groups excluding carboxylic acids is 2. The predicted octanol–water partition coefficient (Wildman–Crippen LogP) is 2.70. The number of rotatable bonds is 6. The lowest BCUT2D eigenvalue weighted by atomic mass is 10.1. The first-order valence-corrected chi connectivity index (χ1v) is 10.5. The molecule has 0 atom stereocenters. The summed E-state index contributed by atoms with van der Waals surface area (Å²) >= 11 is 1.50. The fourth-order valence-corrected chi connectivity index (χ4v) is 4.11. The summed E-state index contributed by atoms with van der Waals surface area (Å²) in [7, 11) is 3.20. The largest absolute Gasteiger partial charge is 0.493 e. The third kappa shape index (κ3) is 4.87. The Kier molecular flexibility index (Phi) is 6.74. The van der Waals surface area contributed by atoms with Crippen LogP contribution in [0.4, 0.5) is 0 Å². The van der Waals surface area contributed by atoms with E-state index in [1.807, 2.05) is 47.2 Å². The first-order chi connectivity index (χ1) is 13.9. The van der Waals surface area contributed by atoms with E-state index in [9.17, 15) is 9.59 Å². The second-order valence-corrected chi connectivity index (χ2v) is 8.11.